The van der Waals surface area contributed by atoms with Gasteiger partial charge >= 0.3 is 5.97 Å². The summed E-state index contributed by atoms with van der Waals surface area (Å²) in [5.74, 6) is -0.388. The quantitative estimate of drug-likeness (QED) is 0.833. The summed E-state index contributed by atoms with van der Waals surface area (Å²) in [4.78, 5) is 23.8. The van der Waals surface area contributed by atoms with Crippen molar-refractivity contribution in [2.75, 3.05) is 13.6 Å². The van der Waals surface area contributed by atoms with Gasteiger partial charge in [0.25, 0.3) is 0 Å². The van der Waals surface area contributed by atoms with E-state index in [1.54, 1.807) is 7.05 Å². The molecular weight excluding hydrogens is 254 g/mol. The molecule has 0 unspecified atom stereocenters. The summed E-state index contributed by atoms with van der Waals surface area (Å²) in [5, 5.41) is 8.58. The molecule has 0 fully saturated rings. The molecule has 110 valence electrons. The Morgan fingerprint density at radius 3 is 2.25 bits per heavy atom. The van der Waals surface area contributed by atoms with Crippen LogP contribution in [0.1, 0.15) is 43.7 Å². The van der Waals surface area contributed by atoms with Crippen molar-refractivity contribution >= 4 is 11.9 Å². The van der Waals surface area contributed by atoms with Crippen LogP contribution < -0.4 is 0 Å². The Bertz CT molecular complexity index is 451. The third-order valence-electron chi connectivity index (χ3n) is 3.36. The van der Waals surface area contributed by atoms with Gasteiger partial charge in [0, 0.05) is 20.0 Å². The average Bonchev–Trinajstić information content (AvgIpc) is 2.42. The Balaban J connectivity index is 2.42. The van der Waals surface area contributed by atoms with Gasteiger partial charge in [0.15, 0.2) is 0 Å². The number of benzene rings is 1. The number of carboxylic acids is 1. The maximum atomic E-state index is 11.8. The number of rotatable bonds is 7. The second kappa shape index (κ2) is 7.68. The molecule has 0 aliphatic heterocycles. The highest BCUT2D eigenvalue weighted by molar-refractivity contribution is 5.77. The first-order valence-corrected chi connectivity index (χ1v) is 6.94. The predicted octanol–water partition coefficient (Wildman–Crippen LogP) is 2.68. The second-order valence-corrected chi connectivity index (χ2v) is 5.36. The molecule has 1 N–H and O–H groups in total. The largest absolute Gasteiger partial charge is 0.481 e. The first-order valence-electron chi connectivity index (χ1n) is 6.94. The molecule has 0 heterocycles. The fourth-order valence-electron chi connectivity index (χ4n) is 1.90. The molecule has 0 aliphatic rings. The summed E-state index contributed by atoms with van der Waals surface area (Å²) < 4.78 is 0. The Kier molecular flexibility index (Phi) is 6.22. The molecule has 1 aromatic carbocycles. The van der Waals surface area contributed by atoms with Gasteiger partial charge in [0.1, 0.15) is 0 Å². The van der Waals surface area contributed by atoms with Crippen LogP contribution in [0.2, 0.25) is 0 Å². The van der Waals surface area contributed by atoms with Gasteiger partial charge in [0.2, 0.25) is 5.91 Å². The monoisotopic (exact) mass is 277 g/mol. The highest BCUT2D eigenvalue weighted by atomic mass is 16.4. The SMILES string of the molecule is CC(C)c1ccc(CCC(=O)N(C)CCC(=O)O)cc1. The molecule has 0 radical (unpaired) electrons. The van der Waals surface area contributed by atoms with Crippen molar-refractivity contribution in [1.29, 1.82) is 0 Å². The molecule has 0 saturated heterocycles. The molecular formula is C16H23NO3. The van der Waals surface area contributed by atoms with Crippen LogP contribution in [-0.2, 0) is 16.0 Å². The number of carboxylic acid groups (broad SMARTS) is 1. The van der Waals surface area contributed by atoms with Gasteiger partial charge < -0.3 is 10.0 Å². The van der Waals surface area contributed by atoms with E-state index in [2.05, 4.69) is 38.1 Å². The molecule has 0 aromatic heterocycles. The number of carbonyl (C=O) groups is 2. The van der Waals surface area contributed by atoms with Gasteiger partial charge in [0.05, 0.1) is 6.42 Å². The lowest BCUT2D eigenvalue weighted by atomic mass is 10.0. The predicted molar refractivity (Wildman–Crippen MR) is 78.7 cm³/mol. The number of amides is 1. The van der Waals surface area contributed by atoms with Crippen molar-refractivity contribution in [1.82, 2.24) is 4.90 Å². The lowest BCUT2D eigenvalue weighted by Crippen LogP contribution is -2.29. The van der Waals surface area contributed by atoms with Gasteiger partial charge in [-0.15, -0.1) is 0 Å². The van der Waals surface area contributed by atoms with Gasteiger partial charge in [-0.2, -0.15) is 0 Å². The van der Waals surface area contributed by atoms with E-state index in [0.29, 0.717) is 18.8 Å². The number of aliphatic carboxylic acids is 1. The van der Waals surface area contributed by atoms with Crippen molar-refractivity contribution in [3.63, 3.8) is 0 Å². The van der Waals surface area contributed by atoms with Crippen LogP contribution in [0.15, 0.2) is 24.3 Å². The van der Waals surface area contributed by atoms with E-state index in [1.807, 2.05) is 0 Å². The fraction of sp³-hybridized carbons (Fsp3) is 0.500. The van der Waals surface area contributed by atoms with E-state index in [4.69, 9.17) is 5.11 Å². The summed E-state index contributed by atoms with van der Waals surface area (Å²) in [6.45, 7) is 4.56. The zero-order valence-electron chi connectivity index (χ0n) is 12.4. The number of hydrogen-bond acceptors (Lipinski definition) is 2. The van der Waals surface area contributed by atoms with Crippen LogP contribution in [0.4, 0.5) is 0 Å². The van der Waals surface area contributed by atoms with Gasteiger partial charge in [-0.25, -0.2) is 0 Å². The van der Waals surface area contributed by atoms with Crippen LogP contribution in [-0.4, -0.2) is 35.5 Å². The molecule has 1 aromatic rings. The molecule has 1 amide bonds. The normalized spacial score (nSPS) is 10.6. The van der Waals surface area contributed by atoms with Gasteiger partial charge in [-0.1, -0.05) is 38.1 Å². The molecule has 4 heteroatoms. The summed E-state index contributed by atoms with van der Waals surface area (Å²) in [5.41, 5.74) is 2.42. The minimum atomic E-state index is -0.881. The molecule has 1 rings (SSSR count). The second-order valence-electron chi connectivity index (χ2n) is 5.36. The van der Waals surface area contributed by atoms with E-state index < -0.39 is 5.97 Å². The molecule has 20 heavy (non-hydrogen) atoms. The van der Waals surface area contributed by atoms with E-state index in [0.717, 1.165) is 5.56 Å². The highest BCUT2D eigenvalue weighted by Crippen LogP contribution is 2.15. The number of aryl methyl sites for hydroxylation is 1. The van der Waals surface area contributed by atoms with Crippen LogP contribution in [0.3, 0.4) is 0 Å². The van der Waals surface area contributed by atoms with Crippen LogP contribution in [0.5, 0.6) is 0 Å². The lowest BCUT2D eigenvalue weighted by molar-refractivity contribution is -0.138. The van der Waals surface area contributed by atoms with Crippen molar-refractivity contribution < 1.29 is 14.7 Å². The third kappa shape index (κ3) is 5.43. The Hall–Kier alpha value is -1.84. The van der Waals surface area contributed by atoms with Crippen LogP contribution in [0.25, 0.3) is 0 Å². The van der Waals surface area contributed by atoms with Crippen molar-refractivity contribution in [3.05, 3.63) is 35.4 Å². The van der Waals surface area contributed by atoms with Crippen LogP contribution >= 0.6 is 0 Å². The minimum absolute atomic E-state index is 0.00861. The third-order valence-corrected chi connectivity index (χ3v) is 3.36. The smallest absolute Gasteiger partial charge is 0.305 e. The molecule has 4 nitrogen and oxygen atoms in total. The average molecular weight is 277 g/mol. The minimum Gasteiger partial charge on any atom is -0.481 e. The maximum absolute atomic E-state index is 11.8. The van der Waals surface area contributed by atoms with E-state index in [-0.39, 0.29) is 18.9 Å². The zero-order chi connectivity index (χ0) is 15.1. The molecule has 0 atom stereocenters. The van der Waals surface area contributed by atoms with Gasteiger partial charge in [-0.3, -0.25) is 9.59 Å². The molecule has 0 aliphatic carbocycles. The first kappa shape index (κ1) is 16.2. The molecule has 0 bridgehead atoms. The van der Waals surface area contributed by atoms with E-state index in [9.17, 15) is 9.59 Å². The van der Waals surface area contributed by atoms with Crippen LogP contribution in [0, 0.1) is 0 Å². The Morgan fingerprint density at radius 1 is 1.15 bits per heavy atom. The number of carbonyl (C=O) groups excluding carboxylic acids is 1. The Morgan fingerprint density at radius 2 is 1.75 bits per heavy atom. The highest BCUT2D eigenvalue weighted by Gasteiger charge is 2.10. The van der Waals surface area contributed by atoms with E-state index in [1.165, 1.54) is 10.5 Å². The summed E-state index contributed by atoms with van der Waals surface area (Å²) in [6.07, 6.45) is 1.09. The van der Waals surface area contributed by atoms with Gasteiger partial charge in [-0.05, 0) is 23.5 Å². The number of nitrogens with zero attached hydrogens (tertiary/aromatic N) is 1. The Labute approximate surface area is 120 Å². The van der Waals surface area contributed by atoms with Crippen molar-refractivity contribution in [2.24, 2.45) is 0 Å². The first-order chi connectivity index (χ1) is 9.40. The standard InChI is InChI=1S/C16H23NO3/c1-12(2)14-7-4-13(5-8-14)6-9-15(18)17(3)11-10-16(19)20/h4-5,7-8,12H,6,9-11H2,1-3H3,(H,19,20). The van der Waals surface area contributed by atoms with Crippen molar-refractivity contribution in [2.45, 2.75) is 39.0 Å². The maximum Gasteiger partial charge on any atom is 0.305 e. The van der Waals surface area contributed by atoms with Crippen molar-refractivity contribution in [3.8, 4) is 0 Å². The number of hydrogen-bond donors (Lipinski definition) is 1. The molecule has 0 saturated carbocycles. The fourth-order valence-corrected chi connectivity index (χ4v) is 1.90. The topological polar surface area (TPSA) is 57.6 Å². The lowest BCUT2D eigenvalue weighted by Gasteiger charge is -2.16. The summed E-state index contributed by atoms with van der Waals surface area (Å²) in [6, 6.07) is 8.30. The van der Waals surface area contributed by atoms with E-state index >= 15 is 0 Å². The summed E-state index contributed by atoms with van der Waals surface area (Å²) in [7, 11) is 1.65. The summed E-state index contributed by atoms with van der Waals surface area (Å²) >= 11 is 0. The zero-order valence-corrected chi connectivity index (χ0v) is 12.4. The molecule has 0 spiro atoms.